The second-order valence-electron chi connectivity index (χ2n) is 4.37. The lowest BCUT2D eigenvalue weighted by atomic mass is 10.0. The van der Waals surface area contributed by atoms with Crippen molar-refractivity contribution in [1.82, 2.24) is 5.32 Å². The van der Waals surface area contributed by atoms with Gasteiger partial charge in [0.05, 0.1) is 4.47 Å². The first-order chi connectivity index (χ1) is 9.22. The normalized spacial score (nSPS) is 12.6. The summed E-state index contributed by atoms with van der Waals surface area (Å²) in [4.78, 5) is 1.37. The minimum absolute atomic E-state index is 0.178. The minimum atomic E-state index is -0.198. The Labute approximate surface area is 126 Å². The molecule has 2 rings (SSSR count). The summed E-state index contributed by atoms with van der Waals surface area (Å²) in [6.07, 6.45) is 1.98. The van der Waals surface area contributed by atoms with Crippen LogP contribution in [0.25, 0.3) is 0 Å². The molecule has 102 valence electrons. The molecule has 1 unspecified atom stereocenters. The molecule has 1 aromatic carbocycles. The molecular weight excluding hydrogens is 325 g/mol. The summed E-state index contributed by atoms with van der Waals surface area (Å²) in [5.41, 5.74) is 0.999. The third-order valence-electron chi connectivity index (χ3n) is 3.07. The molecule has 4 heteroatoms. The summed E-state index contributed by atoms with van der Waals surface area (Å²) >= 11 is 5.13. The third-order valence-corrected chi connectivity index (χ3v) is 4.84. The van der Waals surface area contributed by atoms with Crippen molar-refractivity contribution in [3.05, 3.63) is 56.4 Å². The Morgan fingerprint density at radius 2 is 2.16 bits per heavy atom. The predicted octanol–water partition coefficient (Wildman–Crippen LogP) is 4.93. The van der Waals surface area contributed by atoms with E-state index in [0.717, 1.165) is 24.9 Å². The molecule has 0 radical (unpaired) electrons. The van der Waals surface area contributed by atoms with Crippen LogP contribution in [-0.4, -0.2) is 6.54 Å². The number of thiophene rings is 1. The fourth-order valence-electron chi connectivity index (χ4n) is 2.14. The van der Waals surface area contributed by atoms with Gasteiger partial charge >= 0.3 is 0 Å². The quantitative estimate of drug-likeness (QED) is 0.785. The smallest absolute Gasteiger partial charge is 0.137 e. The van der Waals surface area contributed by atoms with Crippen molar-refractivity contribution in [2.45, 2.75) is 25.8 Å². The molecule has 0 saturated heterocycles. The number of benzene rings is 1. The van der Waals surface area contributed by atoms with Crippen LogP contribution in [0.5, 0.6) is 0 Å². The molecule has 19 heavy (non-hydrogen) atoms. The largest absolute Gasteiger partial charge is 0.310 e. The summed E-state index contributed by atoms with van der Waals surface area (Å²) in [6.45, 7) is 2.95. The van der Waals surface area contributed by atoms with Crippen molar-refractivity contribution < 1.29 is 4.39 Å². The first kappa shape index (κ1) is 14.7. The molecule has 1 aromatic heterocycles. The molecule has 1 N–H and O–H groups in total. The van der Waals surface area contributed by atoms with E-state index >= 15 is 0 Å². The Balaban J connectivity index is 2.12. The number of halogens is 2. The van der Waals surface area contributed by atoms with E-state index in [1.54, 1.807) is 17.4 Å². The van der Waals surface area contributed by atoms with E-state index < -0.39 is 0 Å². The van der Waals surface area contributed by atoms with Crippen LogP contribution in [0, 0.1) is 5.82 Å². The number of rotatable bonds is 6. The van der Waals surface area contributed by atoms with Crippen LogP contribution in [0.15, 0.2) is 40.2 Å². The zero-order chi connectivity index (χ0) is 13.7. The van der Waals surface area contributed by atoms with Crippen LogP contribution in [-0.2, 0) is 6.42 Å². The molecule has 0 aliphatic heterocycles. The molecule has 0 spiro atoms. The molecule has 0 fully saturated rings. The second-order valence-corrected chi connectivity index (χ2v) is 6.20. The molecular formula is C15H17BrFNS. The van der Waals surface area contributed by atoms with Crippen LogP contribution in [0.4, 0.5) is 4.39 Å². The Bertz CT molecular complexity index is 513. The van der Waals surface area contributed by atoms with E-state index in [1.807, 2.05) is 6.07 Å². The highest BCUT2D eigenvalue weighted by atomic mass is 79.9. The van der Waals surface area contributed by atoms with Gasteiger partial charge in [-0.15, -0.1) is 11.3 Å². The van der Waals surface area contributed by atoms with Crippen molar-refractivity contribution >= 4 is 27.3 Å². The maximum absolute atomic E-state index is 13.6. The van der Waals surface area contributed by atoms with E-state index in [2.05, 4.69) is 45.7 Å². The molecule has 0 saturated carbocycles. The van der Waals surface area contributed by atoms with Gasteiger partial charge in [-0.3, -0.25) is 0 Å². The van der Waals surface area contributed by atoms with Crippen LogP contribution in [0.2, 0.25) is 0 Å². The maximum Gasteiger partial charge on any atom is 0.137 e. The molecule has 0 aliphatic rings. The van der Waals surface area contributed by atoms with Gasteiger partial charge in [-0.2, -0.15) is 0 Å². The number of nitrogens with one attached hydrogen (secondary N) is 1. The standard InChI is InChI=1S/C15H17BrFNS/c1-2-18-14(9-8-11-5-4-10-19-11)12-6-3-7-13(17)15(12)16/h3-7,10,14,18H,2,8-9H2,1H3. The molecule has 0 aliphatic carbocycles. The van der Waals surface area contributed by atoms with Gasteiger partial charge in [0.1, 0.15) is 5.82 Å². The zero-order valence-corrected chi connectivity index (χ0v) is 13.2. The summed E-state index contributed by atoms with van der Waals surface area (Å²) in [5.74, 6) is -0.198. The highest BCUT2D eigenvalue weighted by molar-refractivity contribution is 9.10. The third kappa shape index (κ3) is 3.88. The summed E-state index contributed by atoms with van der Waals surface area (Å²) in [7, 11) is 0. The van der Waals surface area contributed by atoms with Crippen LogP contribution in [0.1, 0.15) is 29.8 Å². The van der Waals surface area contributed by atoms with Crippen LogP contribution in [0.3, 0.4) is 0 Å². The first-order valence-corrected chi connectivity index (χ1v) is 8.09. The Hall–Kier alpha value is -0.710. The topological polar surface area (TPSA) is 12.0 Å². The van der Waals surface area contributed by atoms with Crippen LogP contribution >= 0.6 is 27.3 Å². The summed E-state index contributed by atoms with van der Waals surface area (Å²) < 4.78 is 14.2. The lowest BCUT2D eigenvalue weighted by Gasteiger charge is -2.19. The van der Waals surface area contributed by atoms with E-state index in [0.29, 0.717) is 4.47 Å². The molecule has 0 bridgehead atoms. The first-order valence-electron chi connectivity index (χ1n) is 6.42. The van der Waals surface area contributed by atoms with Gasteiger partial charge in [-0.1, -0.05) is 25.1 Å². The van der Waals surface area contributed by atoms with Gasteiger partial charge in [-0.05, 0) is 58.4 Å². The van der Waals surface area contributed by atoms with Gasteiger partial charge in [0.15, 0.2) is 0 Å². The molecule has 1 nitrogen and oxygen atoms in total. The van der Waals surface area contributed by atoms with E-state index in [-0.39, 0.29) is 11.9 Å². The molecule has 1 heterocycles. The van der Waals surface area contributed by atoms with E-state index in [1.165, 1.54) is 10.9 Å². The van der Waals surface area contributed by atoms with Crippen LogP contribution < -0.4 is 5.32 Å². The lowest BCUT2D eigenvalue weighted by molar-refractivity contribution is 0.509. The second kappa shape index (κ2) is 7.17. The molecule has 1 atom stereocenters. The van der Waals surface area contributed by atoms with Gasteiger partial charge in [0.2, 0.25) is 0 Å². The summed E-state index contributed by atoms with van der Waals surface area (Å²) in [5, 5.41) is 5.53. The van der Waals surface area contributed by atoms with E-state index in [9.17, 15) is 4.39 Å². The maximum atomic E-state index is 13.6. The number of hydrogen-bond donors (Lipinski definition) is 1. The lowest BCUT2D eigenvalue weighted by Crippen LogP contribution is -2.22. The van der Waals surface area contributed by atoms with Gasteiger partial charge in [-0.25, -0.2) is 4.39 Å². The highest BCUT2D eigenvalue weighted by Crippen LogP contribution is 2.29. The fourth-order valence-corrected chi connectivity index (χ4v) is 3.41. The average molecular weight is 342 g/mol. The Morgan fingerprint density at radius 3 is 2.84 bits per heavy atom. The van der Waals surface area contributed by atoms with Gasteiger partial charge in [0, 0.05) is 10.9 Å². The minimum Gasteiger partial charge on any atom is -0.310 e. The SMILES string of the molecule is CCNC(CCc1cccs1)c1cccc(F)c1Br. The van der Waals surface area contributed by atoms with Crippen molar-refractivity contribution in [1.29, 1.82) is 0 Å². The van der Waals surface area contributed by atoms with Crippen molar-refractivity contribution in [2.75, 3.05) is 6.54 Å². The van der Waals surface area contributed by atoms with Crippen molar-refractivity contribution in [3.8, 4) is 0 Å². The molecule has 2 aromatic rings. The highest BCUT2D eigenvalue weighted by Gasteiger charge is 2.15. The Kier molecular flexibility index (Phi) is 5.55. The monoisotopic (exact) mass is 341 g/mol. The van der Waals surface area contributed by atoms with Gasteiger partial charge in [0.25, 0.3) is 0 Å². The van der Waals surface area contributed by atoms with Crippen molar-refractivity contribution in [2.24, 2.45) is 0 Å². The zero-order valence-electron chi connectivity index (χ0n) is 10.8. The predicted molar refractivity (Wildman–Crippen MR) is 83.2 cm³/mol. The fraction of sp³-hybridized carbons (Fsp3) is 0.333. The molecule has 0 amide bonds. The van der Waals surface area contributed by atoms with Gasteiger partial charge < -0.3 is 5.32 Å². The van der Waals surface area contributed by atoms with Crippen molar-refractivity contribution in [3.63, 3.8) is 0 Å². The average Bonchev–Trinajstić information content (AvgIpc) is 2.91. The Morgan fingerprint density at radius 1 is 1.32 bits per heavy atom. The number of hydrogen-bond acceptors (Lipinski definition) is 2. The number of aryl methyl sites for hydroxylation is 1. The summed E-state index contributed by atoms with van der Waals surface area (Å²) in [6, 6.07) is 9.63. The van der Waals surface area contributed by atoms with E-state index in [4.69, 9.17) is 0 Å².